The fraction of sp³-hybridized carbons (Fsp3) is 0.800. The van der Waals surface area contributed by atoms with Crippen molar-refractivity contribution < 1.29 is 0 Å². The number of nitrogens with zero attached hydrogens (tertiary/aromatic N) is 1. The van der Waals surface area contributed by atoms with Crippen LogP contribution in [-0.2, 0) is 0 Å². The lowest BCUT2D eigenvalue weighted by atomic mass is 10.6. The normalized spacial score (nSPS) is 10.2. The molecule has 48 valence electrons. The maximum atomic E-state index is 3.74. The van der Waals surface area contributed by atoms with Crippen molar-refractivity contribution in [3.63, 3.8) is 0 Å². The molecule has 8 heavy (non-hydrogen) atoms. The van der Waals surface area contributed by atoms with Crippen LogP contribution in [-0.4, -0.2) is 33.5 Å². The Labute approximate surface area is 50.2 Å². The zero-order chi connectivity index (χ0) is 6.24. The van der Waals surface area contributed by atoms with E-state index in [0.717, 1.165) is 13.1 Å². The molecule has 0 bridgehead atoms. The number of likely N-dealkylation sites (N-methyl/N-ethyl adjacent to an activating group) is 1. The first-order valence-corrected chi connectivity index (χ1v) is 2.70. The maximum Gasteiger partial charge on any atom is 0.0820 e. The van der Waals surface area contributed by atoms with E-state index in [-0.39, 0.29) is 0 Å². The molecule has 0 atom stereocenters. The molecule has 3 nitrogen and oxygen atoms in total. The van der Waals surface area contributed by atoms with Gasteiger partial charge in [-0.3, -0.25) is 4.99 Å². The van der Waals surface area contributed by atoms with E-state index in [0.29, 0.717) is 0 Å². The maximum absolute atomic E-state index is 3.74. The van der Waals surface area contributed by atoms with Crippen LogP contribution in [0.4, 0.5) is 0 Å². The van der Waals surface area contributed by atoms with Gasteiger partial charge < -0.3 is 10.6 Å². The molecule has 0 aromatic carbocycles. The van der Waals surface area contributed by atoms with Crippen molar-refractivity contribution in [2.45, 2.75) is 0 Å². The SMILES string of the molecule is CN=CNCCNC. The summed E-state index contributed by atoms with van der Waals surface area (Å²) in [5, 5.41) is 5.98. The lowest BCUT2D eigenvalue weighted by Crippen LogP contribution is -2.23. The summed E-state index contributed by atoms with van der Waals surface area (Å²) in [7, 11) is 3.66. The van der Waals surface area contributed by atoms with Gasteiger partial charge in [0.1, 0.15) is 0 Å². The molecule has 0 heterocycles. The Morgan fingerprint density at radius 2 is 2.25 bits per heavy atom. The van der Waals surface area contributed by atoms with Gasteiger partial charge in [-0.1, -0.05) is 0 Å². The van der Waals surface area contributed by atoms with Gasteiger partial charge in [0.2, 0.25) is 0 Å². The molecule has 0 unspecified atom stereocenters. The van der Waals surface area contributed by atoms with E-state index in [1.807, 2.05) is 7.05 Å². The average Bonchev–Trinajstić information content (AvgIpc) is 1.81. The predicted molar refractivity (Wildman–Crippen MR) is 36.3 cm³/mol. The zero-order valence-corrected chi connectivity index (χ0v) is 5.44. The van der Waals surface area contributed by atoms with E-state index in [2.05, 4.69) is 15.6 Å². The van der Waals surface area contributed by atoms with Crippen molar-refractivity contribution in [3.8, 4) is 0 Å². The topological polar surface area (TPSA) is 36.4 Å². The summed E-state index contributed by atoms with van der Waals surface area (Å²) in [5.41, 5.74) is 0. The minimum Gasteiger partial charge on any atom is -0.375 e. The molecule has 0 aromatic rings. The molecule has 3 heteroatoms. The summed E-state index contributed by atoms with van der Waals surface area (Å²) in [6, 6.07) is 0. The number of aliphatic imine (C=N–C) groups is 1. The van der Waals surface area contributed by atoms with E-state index < -0.39 is 0 Å². The molecule has 2 N–H and O–H groups in total. The van der Waals surface area contributed by atoms with Crippen molar-refractivity contribution in [3.05, 3.63) is 0 Å². The van der Waals surface area contributed by atoms with Gasteiger partial charge >= 0.3 is 0 Å². The third-order valence-corrected chi connectivity index (χ3v) is 0.740. The molecular weight excluding hydrogens is 102 g/mol. The second-order valence-electron chi connectivity index (χ2n) is 1.44. The summed E-state index contributed by atoms with van der Waals surface area (Å²) >= 11 is 0. The molecule has 0 amide bonds. The predicted octanol–water partition coefficient (Wildman–Crippen LogP) is -0.547. The molecule has 0 rings (SSSR count). The average molecular weight is 115 g/mol. The summed E-state index contributed by atoms with van der Waals surface area (Å²) in [6.45, 7) is 1.92. The molecule has 0 fully saturated rings. The van der Waals surface area contributed by atoms with Crippen LogP contribution in [0.15, 0.2) is 4.99 Å². The molecule has 0 aliphatic heterocycles. The standard InChI is InChI=1S/C5H13N3/c1-6-3-4-8-5-7-2/h5-6H,3-4H2,1-2H3,(H,7,8). The fourth-order valence-electron chi connectivity index (χ4n) is 0.353. The lowest BCUT2D eigenvalue weighted by molar-refractivity contribution is 0.762. The Morgan fingerprint density at radius 3 is 2.75 bits per heavy atom. The van der Waals surface area contributed by atoms with Crippen LogP contribution in [0.2, 0.25) is 0 Å². The second kappa shape index (κ2) is 6.43. The molecule has 0 saturated carbocycles. The van der Waals surface area contributed by atoms with Crippen LogP contribution in [0.1, 0.15) is 0 Å². The molecular formula is C5H13N3. The highest BCUT2D eigenvalue weighted by Gasteiger charge is 1.74. The number of rotatable bonds is 4. The van der Waals surface area contributed by atoms with Crippen LogP contribution >= 0.6 is 0 Å². The van der Waals surface area contributed by atoms with Crippen LogP contribution in [0, 0.1) is 0 Å². The molecule has 0 radical (unpaired) electrons. The summed E-state index contributed by atoms with van der Waals surface area (Å²) in [4.78, 5) is 3.74. The number of nitrogens with one attached hydrogen (secondary N) is 2. The van der Waals surface area contributed by atoms with Gasteiger partial charge in [0.15, 0.2) is 0 Å². The first-order chi connectivity index (χ1) is 3.91. The minimum atomic E-state index is 0.938. The Kier molecular flexibility index (Phi) is 5.97. The van der Waals surface area contributed by atoms with Crippen LogP contribution < -0.4 is 10.6 Å². The molecule has 0 spiro atoms. The Morgan fingerprint density at radius 1 is 1.50 bits per heavy atom. The van der Waals surface area contributed by atoms with Gasteiger partial charge in [0.05, 0.1) is 6.34 Å². The van der Waals surface area contributed by atoms with Gasteiger partial charge in [-0.05, 0) is 7.05 Å². The summed E-state index contributed by atoms with van der Waals surface area (Å²) in [6.07, 6.45) is 1.69. The van der Waals surface area contributed by atoms with E-state index in [9.17, 15) is 0 Å². The van der Waals surface area contributed by atoms with Crippen molar-refractivity contribution >= 4 is 6.34 Å². The lowest BCUT2D eigenvalue weighted by Gasteiger charge is -1.95. The van der Waals surface area contributed by atoms with Crippen molar-refractivity contribution in [1.82, 2.24) is 10.6 Å². The van der Waals surface area contributed by atoms with E-state index in [1.165, 1.54) is 0 Å². The Hall–Kier alpha value is -0.570. The Balaban J connectivity index is 2.72. The van der Waals surface area contributed by atoms with Gasteiger partial charge in [0, 0.05) is 20.1 Å². The van der Waals surface area contributed by atoms with Crippen molar-refractivity contribution in [1.29, 1.82) is 0 Å². The van der Waals surface area contributed by atoms with E-state index >= 15 is 0 Å². The Bertz CT molecular complexity index is 60.7. The van der Waals surface area contributed by atoms with Crippen LogP contribution in [0.3, 0.4) is 0 Å². The van der Waals surface area contributed by atoms with Gasteiger partial charge in [-0.15, -0.1) is 0 Å². The molecule has 0 aliphatic carbocycles. The highest BCUT2D eigenvalue weighted by atomic mass is 15.0. The molecule has 0 aliphatic rings. The zero-order valence-electron chi connectivity index (χ0n) is 5.44. The first-order valence-electron chi connectivity index (χ1n) is 2.70. The molecule has 0 aromatic heterocycles. The first kappa shape index (κ1) is 7.43. The molecule has 0 saturated heterocycles. The van der Waals surface area contributed by atoms with Gasteiger partial charge in [-0.2, -0.15) is 0 Å². The van der Waals surface area contributed by atoms with Crippen LogP contribution in [0.5, 0.6) is 0 Å². The highest BCUT2D eigenvalue weighted by Crippen LogP contribution is 1.50. The summed E-state index contributed by atoms with van der Waals surface area (Å²) < 4.78 is 0. The van der Waals surface area contributed by atoms with E-state index in [1.54, 1.807) is 13.4 Å². The van der Waals surface area contributed by atoms with Gasteiger partial charge in [-0.25, -0.2) is 0 Å². The quantitative estimate of drug-likeness (QED) is 0.293. The largest absolute Gasteiger partial charge is 0.375 e. The van der Waals surface area contributed by atoms with Gasteiger partial charge in [0.25, 0.3) is 0 Å². The van der Waals surface area contributed by atoms with Crippen molar-refractivity contribution in [2.24, 2.45) is 4.99 Å². The highest BCUT2D eigenvalue weighted by molar-refractivity contribution is 5.53. The third-order valence-electron chi connectivity index (χ3n) is 0.740. The smallest absolute Gasteiger partial charge is 0.0820 e. The monoisotopic (exact) mass is 115 g/mol. The van der Waals surface area contributed by atoms with Crippen molar-refractivity contribution in [2.75, 3.05) is 27.2 Å². The number of hydrogen-bond acceptors (Lipinski definition) is 2. The number of hydrogen-bond donors (Lipinski definition) is 2. The third kappa shape index (κ3) is 5.43. The fourth-order valence-corrected chi connectivity index (χ4v) is 0.353. The minimum absolute atomic E-state index is 0.938. The van der Waals surface area contributed by atoms with E-state index in [4.69, 9.17) is 0 Å². The van der Waals surface area contributed by atoms with Crippen LogP contribution in [0.25, 0.3) is 0 Å². The summed E-state index contributed by atoms with van der Waals surface area (Å²) in [5.74, 6) is 0. The second-order valence-corrected chi connectivity index (χ2v) is 1.44.